The van der Waals surface area contributed by atoms with Gasteiger partial charge in [-0.1, -0.05) is 50.1 Å². The average Bonchev–Trinajstić information content (AvgIpc) is 2.55. The molecular weight excluding hydrogens is 282 g/mol. The van der Waals surface area contributed by atoms with Gasteiger partial charge in [0.15, 0.2) is 12.7 Å². The molecule has 5 heteroatoms. The molecule has 0 heterocycles. The summed E-state index contributed by atoms with van der Waals surface area (Å²) in [5, 5.41) is 12.8. The van der Waals surface area contributed by atoms with Gasteiger partial charge in [0.25, 0.3) is 5.91 Å². The van der Waals surface area contributed by atoms with Gasteiger partial charge in [-0.3, -0.25) is 4.79 Å². The molecule has 0 radical (unpaired) electrons. The summed E-state index contributed by atoms with van der Waals surface area (Å²) in [5.41, 5.74) is 0.453. The first-order valence-electron chi connectivity index (χ1n) is 7.77. The number of hydrogen-bond acceptors (Lipinski definition) is 4. The lowest BCUT2D eigenvalue weighted by Crippen LogP contribution is -2.43. The molecular formula is C17H23NO4. The van der Waals surface area contributed by atoms with Crippen LogP contribution in [0, 0.1) is 5.92 Å². The molecule has 0 unspecified atom stereocenters. The van der Waals surface area contributed by atoms with Crippen LogP contribution in [0.3, 0.4) is 0 Å². The molecule has 2 rings (SSSR count). The first-order valence-corrected chi connectivity index (χ1v) is 7.77. The molecule has 1 amide bonds. The lowest BCUT2D eigenvalue weighted by atomic mass is 9.86. The topological polar surface area (TPSA) is 75.6 Å². The lowest BCUT2D eigenvalue weighted by Gasteiger charge is -2.29. The first-order chi connectivity index (χ1) is 10.6. The number of carbonyl (C=O) groups is 2. The molecule has 22 heavy (non-hydrogen) atoms. The minimum Gasteiger partial charge on any atom is -0.453 e. The van der Waals surface area contributed by atoms with Crippen LogP contribution in [0.5, 0.6) is 0 Å². The summed E-state index contributed by atoms with van der Waals surface area (Å²) in [6, 6.07) is 8.66. The lowest BCUT2D eigenvalue weighted by molar-refractivity contribution is -0.157. The fourth-order valence-electron chi connectivity index (χ4n) is 2.77. The van der Waals surface area contributed by atoms with Gasteiger partial charge in [0.05, 0.1) is 0 Å². The third-order valence-electron chi connectivity index (χ3n) is 4.14. The zero-order valence-electron chi connectivity index (χ0n) is 12.8. The van der Waals surface area contributed by atoms with Crippen LogP contribution in [0.25, 0.3) is 0 Å². The number of carbonyl (C=O) groups excluding carboxylic acids is 2. The third kappa shape index (κ3) is 4.56. The smallest absolute Gasteiger partial charge is 0.340 e. The molecule has 3 atom stereocenters. The molecule has 1 fully saturated rings. The maximum Gasteiger partial charge on any atom is 0.340 e. The maximum atomic E-state index is 11.9. The molecule has 1 aliphatic carbocycles. The minimum absolute atomic E-state index is 0.152. The Balaban J connectivity index is 1.77. The molecule has 5 nitrogen and oxygen atoms in total. The van der Waals surface area contributed by atoms with E-state index in [1.54, 1.807) is 30.3 Å². The van der Waals surface area contributed by atoms with E-state index in [1.807, 2.05) is 0 Å². The molecule has 1 aliphatic rings. The van der Waals surface area contributed by atoms with Crippen LogP contribution in [0.2, 0.25) is 0 Å². The number of aliphatic hydroxyl groups excluding tert-OH is 1. The summed E-state index contributed by atoms with van der Waals surface area (Å²) in [5.74, 6) is -0.672. The van der Waals surface area contributed by atoms with Gasteiger partial charge in [0.1, 0.15) is 0 Å². The van der Waals surface area contributed by atoms with Crippen molar-refractivity contribution in [3.05, 3.63) is 35.9 Å². The van der Waals surface area contributed by atoms with Crippen LogP contribution in [-0.2, 0) is 14.3 Å². The number of nitrogens with one attached hydrogen (secondary N) is 1. The normalized spacial score (nSPS) is 22.6. The highest BCUT2D eigenvalue weighted by molar-refractivity contribution is 5.82. The fourth-order valence-corrected chi connectivity index (χ4v) is 2.77. The number of hydrogen-bond donors (Lipinski definition) is 2. The number of ether oxygens (including phenoxy) is 1. The fraction of sp³-hybridized carbons (Fsp3) is 0.529. The van der Waals surface area contributed by atoms with Gasteiger partial charge in [-0.15, -0.1) is 0 Å². The van der Waals surface area contributed by atoms with Crippen molar-refractivity contribution in [1.82, 2.24) is 5.32 Å². The van der Waals surface area contributed by atoms with Gasteiger partial charge in [-0.25, -0.2) is 4.79 Å². The molecule has 0 aromatic heterocycles. The predicted octanol–water partition coefficient (Wildman–Crippen LogP) is 1.96. The Morgan fingerprint density at radius 2 is 1.95 bits per heavy atom. The Kier molecular flexibility index (Phi) is 5.95. The van der Waals surface area contributed by atoms with E-state index in [-0.39, 0.29) is 18.6 Å². The number of rotatable bonds is 5. The van der Waals surface area contributed by atoms with Crippen molar-refractivity contribution in [2.24, 2.45) is 5.92 Å². The van der Waals surface area contributed by atoms with E-state index in [0.717, 1.165) is 19.3 Å². The van der Waals surface area contributed by atoms with E-state index >= 15 is 0 Å². The van der Waals surface area contributed by atoms with Crippen molar-refractivity contribution in [3.63, 3.8) is 0 Å². The van der Waals surface area contributed by atoms with Gasteiger partial charge < -0.3 is 15.2 Å². The summed E-state index contributed by atoms with van der Waals surface area (Å²) in [6.45, 7) is 1.77. The Morgan fingerprint density at radius 1 is 1.27 bits per heavy atom. The quantitative estimate of drug-likeness (QED) is 0.815. The number of esters is 1. The Morgan fingerprint density at radius 3 is 2.64 bits per heavy atom. The van der Waals surface area contributed by atoms with Crippen molar-refractivity contribution >= 4 is 11.9 Å². The molecule has 1 aromatic rings. The van der Waals surface area contributed by atoms with E-state index in [9.17, 15) is 14.7 Å². The predicted molar refractivity (Wildman–Crippen MR) is 81.9 cm³/mol. The Labute approximate surface area is 130 Å². The molecule has 120 valence electrons. The van der Waals surface area contributed by atoms with Gasteiger partial charge in [0, 0.05) is 6.04 Å². The molecule has 1 saturated carbocycles. The van der Waals surface area contributed by atoms with Gasteiger partial charge in [-0.2, -0.15) is 0 Å². The average molecular weight is 305 g/mol. The number of aliphatic hydroxyl groups is 1. The van der Waals surface area contributed by atoms with E-state index in [4.69, 9.17) is 4.74 Å². The van der Waals surface area contributed by atoms with Crippen molar-refractivity contribution in [2.75, 3.05) is 6.61 Å². The van der Waals surface area contributed by atoms with E-state index in [1.165, 1.54) is 6.42 Å². The van der Waals surface area contributed by atoms with E-state index in [0.29, 0.717) is 11.5 Å². The van der Waals surface area contributed by atoms with Crippen LogP contribution < -0.4 is 5.32 Å². The summed E-state index contributed by atoms with van der Waals surface area (Å²) < 4.78 is 4.90. The summed E-state index contributed by atoms with van der Waals surface area (Å²) >= 11 is 0. The Bertz CT molecular complexity index is 503. The van der Waals surface area contributed by atoms with Gasteiger partial charge >= 0.3 is 5.97 Å². The zero-order chi connectivity index (χ0) is 15.9. The monoisotopic (exact) mass is 305 g/mol. The second-order valence-corrected chi connectivity index (χ2v) is 5.86. The second kappa shape index (κ2) is 7.94. The zero-order valence-corrected chi connectivity index (χ0v) is 12.8. The van der Waals surface area contributed by atoms with E-state index < -0.39 is 12.1 Å². The molecule has 0 bridgehead atoms. The number of benzene rings is 1. The highest BCUT2D eigenvalue weighted by atomic mass is 16.5. The van der Waals surface area contributed by atoms with Crippen LogP contribution in [-0.4, -0.2) is 29.6 Å². The minimum atomic E-state index is -1.36. The largest absolute Gasteiger partial charge is 0.453 e. The highest BCUT2D eigenvalue weighted by Gasteiger charge is 2.24. The van der Waals surface area contributed by atoms with Crippen LogP contribution >= 0.6 is 0 Å². The second-order valence-electron chi connectivity index (χ2n) is 5.86. The van der Waals surface area contributed by atoms with Crippen molar-refractivity contribution in [3.8, 4) is 0 Å². The molecule has 0 spiro atoms. The van der Waals surface area contributed by atoms with Gasteiger partial charge in [0.2, 0.25) is 0 Å². The molecule has 1 aromatic carbocycles. The molecule has 0 saturated heterocycles. The van der Waals surface area contributed by atoms with Crippen LogP contribution in [0.4, 0.5) is 0 Å². The molecule has 0 aliphatic heterocycles. The summed E-state index contributed by atoms with van der Waals surface area (Å²) in [4.78, 5) is 23.6. The maximum absolute atomic E-state index is 11.9. The highest BCUT2D eigenvalue weighted by Crippen LogP contribution is 2.23. The third-order valence-corrected chi connectivity index (χ3v) is 4.14. The van der Waals surface area contributed by atoms with Crippen LogP contribution in [0.15, 0.2) is 30.3 Å². The Hall–Kier alpha value is -1.88. The summed E-state index contributed by atoms with van der Waals surface area (Å²) in [6.07, 6.45) is 3.03. The molecule has 2 N–H and O–H groups in total. The van der Waals surface area contributed by atoms with Crippen molar-refractivity contribution in [1.29, 1.82) is 0 Å². The summed E-state index contributed by atoms with van der Waals surface area (Å²) in [7, 11) is 0. The standard InChI is InChI=1S/C17H23NO4/c1-12-7-5-6-10-14(12)18-15(19)11-22-17(21)16(20)13-8-3-2-4-9-13/h2-4,8-9,12,14,16,20H,5-7,10-11H2,1H3,(H,18,19)/t12-,14-,16+/m0/s1. The van der Waals surface area contributed by atoms with Crippen molar-refractivity contribution < 1.29 is 19.4 Å². The first kappa shape index (κ1) is 16.5. The van der Waals surface area contributed by atoms with E-state index in [2.05, 4.69) is 12.2 Å². The van der Waals surface area contributed by atoms with Gasteiger partial charge in [-0.05, 0) is 24.3 Å². The van der Waals surface area contributed by atoms with Crippen LogP contribution in [0.1, 0.15) is 44.3 Å². The SMILES string of the molecule is C[C@H]1CCCC[C@@H]1NC(=O)COC(=O)[C@H](O)c1ccccc1. The van der Waals surface area contributed by atoms with Crippen molar-refractivity contribution in [2.45, 2.75) is 44.8 Å². The number of amides is 1.